The maximum Gasteiger partial charge on any atom is 0.258 e. The van der Waals surface area contributed by atoms with Gasteiger partial charge < -0.3 is 38.9 Å². The molecule has 0 radical (unpaired) electrons. The fourth-order valence-electron chi connectivity index (χ4n) is 15.8. The highest BCUT2D eigenvalue weighted by molar-refractivity contribution is 5.86. The lowest BCUT2D eigenvalue weighted by atomic mass is 9.94. The highest BCUT2D eigenvalue weighted by Crippen LogP contribution is 2.30. The molecule has 4 aliphatic rings. The molecule has 32 nitrogen and oxygen atoms in total. The molecule has 4 fully saturated rings. The molecule has 3 aromatic carbocycles. The van der Waals surface area contributed by atoms with Crippen molar-refractivity contribution in [2.75, 3.05) is 140 Å². The molecule has 0 amide bonds. The second-order valence-corrected chi connectivity index (χ2v) is 30.5. The molecular weight excluding hydrogens is 1470 g/mol. The van der Waals surface area contributed by atoms with Crippen LogP contribution in [0, 0.1) is 13.8 Å². The zero-order chi connectivity index (χ0) is 80.0. The summed E-state index contributed by atoms with van der Waals surface area (Å²) in [5.41, 5.74) is 14.5. The molecule has 0 aliphatic carbocycles. The summed E-state index contributed by atoms with van der Waals surface area (Å²) in [7, 11) is 9.93. The highest BCUT2D eigenvalue weighted by atomic mass is 16.3. The Morgan fingerprint density at radius 2 is 0.767 bits per heavy atom. The number of likely N-dealkylation sites (tertiary alicyclic amines) is 1. The van der Waals surface area contributed by atoms with Gasteiger partial charge in [-0.05, 0) is 108 Å². The highest BCUT2D eigenvalue weighted by Gasteiger charge is 2.25. The lowest BCUT2D eigenvalue weighted by Gasteiger charge is -2.34. The maximum absolute atomic E-state index is 12.9. The van der Waals surface area contributed by atoms with Gasteiger partial charge in [0.05, 0.1) is 101 Å². The number of piperazine rings is 3. The van der Waals surface area contributed by atoms with E-state index in [4.69, 9.17) is 10.1 Å². The number of anilines is 3. The van der Waals surface area contributed by atoms with Crippen LogP contribution < -0.4 is 36.9 Å². The molecule has 20 rings (SSSR count). The van der Waals surface area contributed by atoms with E-state index in [1.54, 1.807) is 99.3 Å². The van der Waals surface area contributed by atoms with Gasteiger partial charge in [0, 0.05) is 212 Å². The van der Waals surface area contributed by atoms with Gasteiger partial charge in [0.25, 0.3) is 22.2 Å². The van der Waals surface area contributed by atoms with E-state index >= 15 is 0 Å². The Morgan fingerprint density at radius 1 is 0.388 bits per heavy atom. The van der Waals surface area contributed by atoms with Crippen LogP contribution >= 0.6 is 0 Å². The molecule has 0 bridgehead atoms. The molecule has 0 spiro atoms. The number of pyridine rings is 1. The molecule has 4 saturated heterocycles. The number of nitrogens with zero attached hydrogens (tertiary/aromatic N) is 27. The Hall–Kier alpha value is -12.9. The maximum atomic E-state index is 12.9. The van der Waals surface area contributed by atoms with E-state index in [1.807, 2.05) is 137 Å². The molecule has 1 N–H and O–H groups in total. The van der Waals surface area contributed by atoms with Gasteiger partial charge in [-0.2, -0.15) is 15.3 Å². The fraction of sp³-hybridized carbons (Fsp3) is 0.333. The van der Waals surface area contributed by atoms with Gasteiger partial charge in [-0.1, -0.05) is 25.1 Å². The van der Waals surface area contributed by atoms with Crippen molar-refractivity contribution in [2.24, 2.45) is 21.1 Å². The van der Waals surface area contributed by atoms with E-state index in [-0.39, 0.29) is 28.8 Å². The first-order valence-electron chi connectivity index (χ1n) is 39.3. The number of piperidine rings is 1. The van der Waals surface area contributed by atoms with Crippen molar-refractivity contribution in [1.29, 1.82) is 0 Å². The first-order valence-corrected chi connectivity index (χ1v) is 39.3. The number of benzene rings is 3. The summed E-state index contributed by atoms with van der Waals surface area (Å²) >= 11 is 0. The summed E-state index contributed by atoms with van der Waals surface area (Å²) in [6, 6.07) is 26.0. The van der Waals surface area contributed by atoms with Crippen LogP contribution in [0.2, 0.25) is 0 Å². The van der Waals surface area contributed by atoms with E-state index in [1.165, 1.54) is 0 Å². The number of rotatable bonds is 11. The van der Waals surface area contributed by atoms with E-state index in [2.05, 4.69) is 110 Å². The molecule has 16 aromatic rings. The average Bonchev–Trinajstić information content (AvgIpc) is 1.10. The number of aryl methyl sites for hydroxylation is 5. The van der Waals surface area contributed by atoms with Gasteiger partial charge in [0.2, 0.25) is 0 Å². The van der Waals surface area contributed by atoms with Crippen molar-refractivity contribution in [3.63, 3.8) is 0 Å². The first-order chi connectivity index (χ1) is 56.2. The number of β-amino-alcohol motifs (C(OH)–C–C–N with tert-alkyl or cyclic N) is 1. The third kappa shape index (κ3) is 16.1. The Bertz CT molecular complexity index is 6620. The number of aromatic nitrogens is 20. The number of aliphatic hydroxyl groups is 1. The zero-order valence-corrected chi connectivity index (χ0v) is 66.3. The third-order valence-corrected chi connectivity index (χ3v) is 22.3. The van der Waals surface area contributed by atoms with E-state index in [0.29, 0.717) is 57.8 Å². The largest absolute Gasteiger partial charge is 0.395 e. The first kappa shape index (κ1) is 75.8. The number of likely N-dealkylation sites (N-methyl/N-ethyl adjacent to an activating group) is 2. The van der Waals surface area contributed by atoms with Crippen LogP contribution in [-0.2, 0) is 21.1 Å². The molecule has 0 unspecified atom stereocenters. The molecular formula is C84H91N27O5. The van der Waals surface area contributed by atoms with Crippen LogP contribution in [0.4, 0.5) is 17.5 Å². The van der Waals surface area contributed by atoms with Gasteiger partial charge in [-0.3, -0.25) is 60.7 Å². The standard InChI is InChI=1S/C22H24N6O.C21H23N7O2.C21H23N7O.C20H21N7O/c1-14-8-17(12-27-11-15(2)24-22(14)27)18-9-21(29)28-13-19(23-10-20(28)25-18)16-4-6-26(3)7-5-16;1-25-13-16-10-15(2-3-17(16)24-25)18-11-21(30)28-14-20(22-12-19(28)23-18)27-6-4-26(5-7-27)8-9-29;1-3-26-6-8-27(9-7-26)20-14-28-19(12-22-20)23-18(11-21(28)29)15-4-5-17-16(10-15)13-25(2)24-17;1-24-5-7-26(8-6-24)19-13-27-18(11-21-19)22-17(10-20(27)28)14-3-4-16-15(9-14)12-25(2)23-16/h8-13,16H,4-7H2,1-3H3;2-3,10-14,29H,4-9H2,1H3;4-5,10-14H,3,6-9H2,1-2H3;3-4,9-13H,5-8H2,1-2H3. The van der Waals surface area contributed by atoms with Crippen LogP contribution in [0.3, 0.4) is 0 Å². The molecule has 116 heavy (non-hydrogen) atoms. The predicted molar refractivity (Wildman–Crippen MR) is 449 cm³/mol. The van der Waals surface area contributed by atoms with Crippen molar-refractivity contribution < 1.29 is 5.11 Å². The summed E-state index contributed by atoms with van der Waals surface area (Å²) in [5, 5.41) is 25.3. The molecule has 32 heteroatoms. The third-order valence-electron chi connectivity index (χ3n) is 22.3. The molecule has 13 aromatic heterocycles. The summed E-state index contributed by atoms with van der Waals surface area (Å²) in [6.45, 7) is 21.2. The van der Waals surface area contributed by atoms with Crippen LogP contribution in [0.5, 0.6) is 0 Å². The SMILES string of the molecule is CCN1CCN(c2cn3c(=O)cc(-c4ccc5nn(C)cc5c4)nc3cn2)CC1.CN1CCN(c2cn3c(=O)cc(-c4ccc5nn(C)cc5c4)nc3cn2)CC1.Cc1cn2cc(-c3cc(=O)n4cc(C5CCN(C)CC5)ncc4n3)cc(C)c2n1.Cn1cc2cc(-c3cc(=O)n4cc(N5CCN(CCO)CC5)ncc4n3)ccc2n1. The van der Waals surface area contributed by atoms with Gasteiger partial charge in [0.15, 0.2) is 22.6 Å². The minimum Gasteiger partial charge on any atom is -0.395 e. The smallest absolute Gasteiger partial charge is 0.258 e. The topological polar surface area (TPSA) is 303 Å². The van der Waals surface area contributed by atoms with Crippen molar-refractivity contribution in [3.05, 3.63) is 224 Å². The molecule has 17 heterocycles. The molecule has 4 aliphatic heterocycles. The quantitative estimate of drug-likeness (QED) is 0.140. The van der Waals surface area contributed by atoms with E-state index in [9.17, 15) is 19.2 Å². The number of hydrogen-bond donors (Lipinski definition) is 1. The van der Waals surface area contributed by atoms with Crippen LogP contribution in [0.25, 0.3) is 106 Å². The molecule has 0 saturated carbocycles. The monoisotopic (exact) mass is 1560 g/mol. The predicted octanol–water partition coefficient (Wildman–Crippen LogP) is 6.77. The van der Waals surface area contributed by atoms with Crippen LogP contribution in [0.1, 0.15) is 42.6 Å². The number of fused-ring (bicyclic) bond motifs is 8. The summed E-state index contributed by atoms with van der Waals surface area (Å²) in [4.78, 5) is 109. The Balaban J connectivity index is 0.000000111. The minimum absolute atomic E-state index is 0.0823. The van der Waals surface area contributed by atoms with E-state index in [0.717, 1.165) is 206 Å². The van der Waals surface area contributed by atoms with Crippen molar-refractivity contribution in [1.82, 2.24) is 116 Å². The normalized spacial score (nSPS) is 15.6. The summed E-state index contributed by atoms with van der Waals surface area (Å²) < 4.78 is 13.7. The Labute approximate surface area is 665 Å². The number of imidazole rings is 1. The van der Waals surface area contributed by atoms with Gasteiger partial charge >= 0.3 is 0 Å². The van der Waals surface area contributed by atoms with Gasteiger partial charge in [0.1, 0.15) is 23.1 Å². The second kappa shape index (κ2) is 32.2. The lowest BCUT2D eigenvalue weighted by Crippen LogP contribution is -2.47. The number of aliphatic hydroxyl groups excluding tert-OH is 1. The summed E-state index contributed by atoms with van der Waals surface area (Å²) in [5.74, 6) is 2.80. The summed E-state index contributed by atoms with van der Waals surface area (Å²) in [6.07, 6.45) is 25.9. The second-order valence-electron chi connectivity index (χ2n) is 30.5. The Morgan fingerprint density at radius 3 is 1.18 bits per heavy atom. The van der Waals surface area contributed by atoms with Crippen molar-refractivity contribution >= 4 is 78.4 Å². The average molecular weight is 1560 g/mol. The molecule has 0 atom stereocenters. The van der Waals surface area contributed by atoms with Crippen molar-refractivity contribution in [2.45, 2.75) is 39.5 Å². The minimum atomic E-state index is -0.135. The Kier molecular flexibility index (Phi) is 21.0. The zero-order valence-electron chi connectivity index (χ0n) is 66.3. The van der Waals surface area contributed by atoms with Crippen LogP contribution in [-0.4, -0.2) is 246 Å². The van der Waals surface area contributed by atoms with E-state index < -0.39 is 0 Å². The van der Waals surface area contributed by atoms with Gasteiger partial charge in [-0.25, -0.2) is 39.9 Å². The van der Waals surface area contributed by atoms with Gasteiger partial charge in [-0.15, -0.1) is 0 Å². The molecule has 592 valence electrons. The number of hydrogen-bond acceptors (Lipinski definition) is 24. The lowest BCUT2D eigenvalue weighted by molar-refractivity contribution is 0.188. The fourth-order valence-corrected chi connectivity index (χ4v) is 15.8. The van der Waals surface area contributed by atoms with Crippen molar-refractivity contribution in [3.8, 4) is 45.0 Å². The van der Waals surface area contributed by atoms with Crippen LogP contribution in [0.15, 0.2) is 185 Å².